The molecule has 2 atom stereocenters. The van der Waals surface area contributed by atoms with Crippen LogP contribution in [0.4, 0.5) is 11.4 Å². The molecule has 2 aromatic carbocycles. The van der Waals surface area contributed by atoms with Crippen molar-refractivity contribution in [1.29, 1.82) is 0 Å². The highest BCUT2D eigenvalue weighted by molar-refractivity contribution is 7.99. The number of carbonyl (C=O) groups is 2. The smallest absolute Gasteiger partial charge is 0.247 e. The number of amides is 2. The van der Waals surface area contributed by atoms with Crippen LogP contribution in [-0.2, 0) is 9.59 Å². The van der Waals surface area contributed by atoms with E-state index in [1.54, 1.807) is 11.8 Å². The van der Waals surface area contributed by atoms with Gasteiger partial charge in [0.25, 0.3) is 0 Å². The van der Waals surface area contributed by atoms with Gasteiger partial charge in [-0.25, -0.2) is 0 Å². The van der Waals surface area contributed by atoms with E-state index in [1.807, 2.05) is 54.6 Å². The minimum atomic E-state index is -0.200. The average Bonchev–Trinajstić information content (AvgIpc) is 3.07. The van der Waals surface area contributed by atoms with Crippen molar-refractivity contribution in [2.45, 2.75) is 29.8 Å². The largest absolute Gasteiger partial charge is 0.356 e. The summed E-state index contributed by atoms with van der Waals surface area (Å²) in [6, 6.07) is 17.7. The second-order valence-corrected chi connectivity index (χ2v) is 7.75. The topological polar surface area (TPSA) is 61.4 Å². The summed E-state index contributed by atoms with van der Waals surface area (Å²) >= 11 is 1.68. The van der Waals surface area contributed by atoms with Gasteiger partial charge in [0.2, 0.25) is 11.8 Å². The van der Waals surface area contributed by atoms with Gasteiger partial charge < -0.3 is 15.5 Å². The predicted octanol–water partition coefficient (Wildman–Crippen LogP) is 2.88. The Bertz CT molecular complexity index is 812. The van der Waals surface area contributed by atoms with Crippen LogP contribution >= 0.6 is 11.8 Å². The quantitative estimate of drug-likeness (QED) is 0.798. The molecular formula is C20H21N3O2S. The first-order chi connectivity index (χ1) is 12.7. The Morgan fingerprint density at radius 2 is 1.92 bits per heavy atom. The lowest BCUT2D eigenvalue weighted by Gasteiger charge is -2.32. The molecule has 2 aliphatic heterocycles. The highest BCUT2D eigenvalue weighted by Gasteiger charge is 2.41. The van der Waals surface area contributed by atoms with Gasteiger partial charge >= 0.3 is 0 Å². The molecule has 2 aromatic rings. The molecule has 2 unspecified atom stereocenters. The minimum absolute atomic E-state index is 0.00568. The summed E-state index contributed by atoms with van der Waals surface area (Å²) in [5.41, 5.74) is 1.88. The number of nitrogens with one attached hydrogen (secondary N) is 2. The van der Waals surface area contributed by atoms with Crippen molar-refractivity contribution in [3.05, 3.63) is 54.6 Å². The van der Waals surface area contributed by atoms with Gasteiger partial charge in [0, 0.05) is 29.7 Å². The lowest BCUT2D eigenvalue weighted by atomic mass is 10.1. The lowest BCUT2D eigenvalue weighted by Crippen LogP contribution is -2.44. The summed E-state index contributed by atoms with van der Waals surface area (Å²) in [4.78, 5) is 27.9. The van der Waals surface area contributed by atoms with Gasteiger partial charge in [-0.1, -0.05) is 30.3 Å². The van der Waals surface area contributed by atoms with Gasteiger partial charge in [-0.3, -0.25) is 9.59 Å². The van der Waals surface area contributed by atoms with Crippen molar-refractivity contribution in [2.75, 3.05) is 22.5 Å². The second kappa shape index (κ2) is 7.41. The molecule has 0 radical (unpaired) electrons. The van der Waals surface area contributed by atoms with Gasteiger partial charge in [-0.2, -0.15) is 0 Å². The van der Waals surface area contributed by atoms with Crippen molar-refractivity contribution >= 4 is 35.0 Å². The maximum absolute atomic E-state index is 12.3. The van der Waals surface area contributed by atoms with Gasteiger partial charge in [0.15, 0.2) is 0 Å². The zero-order chi connectivity index (χ0) is 17.9. The summed E-state index contributed by atoms with van der Waals surface area (Å²) in [7, 11) is 0. The number of hydrogen-bond acceptors (Lipinski definition) is 4. The van der Waals surface area contributed by atoms with E-state index >= 15 is 0 Å². The van der Waals surface area contributed by atoms with Crippen LogP contribution in [0.5, 0.6) is 0 Å². The van der Waals surface area contributed by atoms with Crippen LogP contribution in [0, 0.1) is 0 Å². The van der Waals surface area contributed by atoms with E-state index in [-0.39, 0.29) is 23.9 Å². The molecule has 134 valence electrons. The SMILES string of the molecule is O=C(CCSc1ccccc1)NC1CC2C(=O)Nc3ccccc3N2C1. The van der Waals surface area contributed by atoms with Crippen molar-refractivity contribution < 1.29 is 9.59 Å². The molecule has 2 heterocycles. The number of rotatable bonds is 5. The Kier molecular flexibility index (Phi) is 4.84. The maximum Gasteiger partial charge on any atom is 0.247 e. The van der Waals surface area contributed by atoms with E-state index < -0.39 is 0 Å². The fraction of sp³-hybridized carbons (Fsp3) is 0.300. The molecule has 5 nitrogen and oxygen atoms in total. The summed E-state index contributed by atoms with van der Waals surface area (Å²) in [5.74, 6) is 0.811. The third kappa shape index (κ3) is 3.55. The molecule has 6 heteroatoms. The number of thioether (sulfide) groups is 1. The molecular weight excluding hydrogens is 346 g/mol. The molecule has 0 spiro atoms. The Balaban J connectivity index is 1.31. The highest BCUT2D eigenvalue weighted by Crippen LogP contribution is 2.36. The maximum atomic E-state index is 12.3. The molecule has 1 saturated heterocycles. The van der Waals surface area contributed by atoms with Gasteiger partial charge in [-0.15, -0.1) is 11.8 Å². The summed E-state index contributed by atoms with van der Waals surface area (Å²) in [6.07, 6.45) is 1.13. The monoisotopic (exact) mass is 367 g/mol. The normalized spacial score (nSPS) is 20.9. The van der Waals surface area contributed by atoms with Crippen LogP contribution in [0.3, 0.4) is 0 Å². The van der Waals surface area contributed by atoms with Crippen LogP contribution in [-0.4, -0.2) is 36.2 Å². The number of nitrogens with zero attached hydrogens (tertiary/aromatic N) is 1. The average molecular weight is 367 g/mol. The first-order valence-electron chi connectivity index (χ1n) is 8.84. The van der Waals surface area contributed by atoms with E-state index in [9.17, 15) is 9.59 Å². The molecule has 26 heavy (non-hydrogen) atoms. The Labute approximate surface area is 157 Å². The first kappa shape index (κ1) is 17.0. The van der Waals surface area contributed by atoms with Crippen LogP contribution in [0.15, 0.2) is 59.5 Å². The Morgan fingerprint density at radius 1 is 1.15 bits per heavy atom. The molecule has 0 aliphatic carbocycles. The molecule has 2 aliphatic rings. The van der Waals surface area contributed by atoms with E-state index in [1.165, 1.54) is 4.90 Å². The summed E-state index contributed by atoms with van der Waals surface area (Å²) in [6.45, 7) is 0.673. The number of carbonyl (C=O) groups excluding carboxylic acids is 2. The van der Waals surface area contributed by atoms with E-state index in [0.717, 1.165) is 17.1 Å². The van der Waals surface area contributed by atoms with Crippen LogP contribution in [0.2, 0.25) is 0 Å². The van der Waals surface area contributed by atoms with Crippen LogP contribution in [0.25, 0.3) is 0 Å². The zero-order valence-corrected chi connectivity index (χ0v) is 15.2. The van der Waals surface area contributed by atoms with E-state index in [4.69, 9.17) is 0 Å². The summed E-state index contributed by atoms with van der Waals surface area (Å²) < 4.78 is 0. The fourth-order valence-electron chi connectivity index (χ4n) is 3.58. The number of para-hydroxylation sites is 2. The number of hydrogen-bond donors (Lipinski definition) is 2. The Morgan fingerprint density at radius 3 is 2.77 bits per heavy atom. The van der Waals surface area contributed by atoms with Crippen LogP contribution in [0.1, 0.15) is 12.8 Å². The molecule has 1 fully saturated rings. The van der Waals surface area contributed by atoms with Gasteiger partial charge in [0.1, 0.15) is 6.04 Å². The third-order valence-electron chi connectivity index (χ3n) is 4.78. The molecule has 0 bridgehead atoms. The number of fused-ring (bicyclic) bond motifs is 3. The molecule has 2 amide bonds. The molecule has 0 aromatic heterocycles. The Hall–Kier alpha value is -2.47. The first-order valence-corrected chi connectivity index (χ1v) is 9.83. The molecule has 0 saturated carbocycles. The standard InChI is InChI=1S/C20H21N3O2S/c24-19(10-11-26-15-6-2-1-3-7-15)21-14-12-18-20(25)22-16-8-4-5-9-17(16)23(18)13-14/h1-9,14,18H,10-13H2,(H,21,24)(H,22,25). The highest BCUT2D eigenvalue weighted by atomic mass is 32.2. The van der Waals surface area contributed by atoms with Crippen molar-refractivity contribution in [3.8, 4) is 0 Å². The van der Waals surface area contributed by atoms with E-state index in [0.29, 0.717) is 19.4 Å². The fourth-order valence-corrected chi connectivity index (χ4v) is 4.45. The molecule has 2 N–H and O–H groups in total. The number of benzene rings is 2. The van der Waals surface area contributed by atoms with Gasteiger partial charge in [-0.05, 0) is 30.7 Å². The summed E-state index contributed by atoms with van der Waals surface area (Å²) in [5, 5.41) is 6.06. The van der Waals surface area contributed by atoms with Crippen molar-refractivity contribution in [1.82, 2.24) is 5.32 Å². The molecule has 4 rings (SSSR count). The zero-order valence-electron chi connectivity index (χ0n) is 14.4. The van der Waals surface area contributed by atoms with Crippen LogP contribution < -0.4 is 15.5 Å². The van der Waals surface area contributed by atoms with E-state index in [2.05, 4.69) is 15.5 Å². The number of anilines is 2. The lowest BCUT2D eigenvalue weighted by molar-refractivity contribution is -0.121. The predicted molar refractivity (Wildman–Crippen MR) is 105 cm³/mol. The minimum Gasteiger partial charge on any atom is -0.356 e. The van der Waals surface area contributed by atoms with Gasteiger partial charge in [0.05, 0.1) is 11.4 Å². The van der Waals surface area contributed by atoms with Crippen molar-refractivity contribution in [3.63, 3.8) is 0 Å². The second-order valence-electron chi connectivity index (χ2n) is 6.59. The van der Waals surface area contributed by atoms with Crippen molar-refractivity contribution in [2.24, 2.45) is 0 Å². The third-order valence-corrected chi connectivity index (χ3v) is 5.79.